The number of nitro benzene ring substituents is 1. The maximum Gasteiger partial charge on any atom is 0.277 e. The monoisotopic (exact) mass is 251 g/mol. The van der Waals surface area contributed by atoms with Crippen LogP contribution in [-0.2, 0) is 9.47 Å². The first-order chi connectivity index (χ1) is 8.65. The molecule has 6 nitrogen and oxygen atoms in total. The Hall–Kier alpha value is -2.08. The van der Waals surface area contributed by atoms with Gasteiger partial charge in [0.2, 0.25) is 0 Å². The lowest BCUT2D eigenvalue weighted by Gasteiger charge is -2.14. The molecule has 0 N–H and O–H groups in total. The van der Waals surface area contributed by atoms with Crippen LogP contribution in [0.2, 0.25) is 0 Å². The van der Waals surface area contributed by atoms with Gasteiger partial charge in [-0.25, -0.2) is 0 Å². The van der Waals surface area contributed by atoms with E-state index in [9.17, 15) is 10.1 Å². The summed E-state index contributed by atoms with van der Waals surface area (Å²) in [6, 6.07) is 5.72. The van der Waals surface area contributed by atoms with Gasteiger partial charge in [-0.05, 0) is 18.7 Å². The van der Waals surface area contributed by atoms with Crippen LogP contribution in [0.3, 0.4) is 0 Å². The van der Waals surface area contributed by atoms with Crippen molar-refractivity contribution in [2.75, 3.05) is 13.2 Å². The fourth-order valence-corrected chi connectivity index (χ4v) is 1.58. The second-order valence-electron chi connectivity index (χ2n) is 3.83. The minimum atomic E-state index is -0.467. The number of non-ortho nitro benzene ring substituents is 1. The van der Waals surface area contributed by atoms with E-state index in [2.05, 4.69) is 6.58 Å². The van der Waals surface area contributed by atoms with Crippen molar-refractivity contribution in [1.29, 1.82) is 0 Å². The van der Waals surface area contributed by atoms with Gasteiger partial charge in [0, 0.05) is 18.6 Å². The molecule has 0 amide bonds. The van der Waals surface area contributed by atoms with Gasteiger partial charge >= 0.3 is 0 Å². The highest BCUT2D eigenvalue weighted by molar-refractivity contribution is 5.36. The molecule has 18 heavy (non-hydrogen) atoms. The summed E-state index contributed by atoms with van der Waals surface area (Å²) in [6.07, 6.45) is 0.776. The zero-order valence-electron chi connectivity index (χ0n) is 9.70. The summed E-state index contributed by atoms with van der Waals surface area (Å²) in [5.41, 5.74) is 0.0121. The zero-order valence-corrected chi connectivity index (χ0v) is 9.70. The Bertz CT molecular complexity index is 436. The van der Waals surface area contributed by atoms with Crippen molar-refractivity contribution in [3.8, 4) is 5.75 Å². The molecule has 1 heterocycles. The van der Waals surface area contributed by atoms with Crippen LogP contribution >= 0.6 is 0 Å². The first kappa shape index (κ1) is 12.4. The normalized spacial score (nSPS) is 18.3. The van der Waals surface area contributed by atoms with Crippen molar-refractivity contribution in [2.45, 2.75) is 12.5 Å². The molecule has 6 heteroatoms. The highest BCUT2D eigenvalue weighted by Gasteiger charge is 2.18. The predicted molar refractivity (Wildman–Crippen MR) is 63.2 cm³/mol. The van der Waals surface area contributed by atoms with E-state index in [-0.39, 0.29) is 17.7 Å². The van der Waals surface area contributed by atoms with Crippen LogP contribution < -0.4 is 4.74 Å². The first-order valence-corrected chi connectivity index (χ1v) is 5.51. The molecule has 0 aromatic heterocycles. The first-order valence-electron chi connectivity index (χ1n) is 5.51. The van der Waals surface area contributed by atoms with Gasteiger partial charge in [0.05, 0.1) is 18.1 Å². The molecule has 0 aliphatic carbocycles. The van der Waals surface area contributed by atoms with Crippen molar-refractivity contribution in [3.63, 3.8) is 0 Å². The van der Waals surface area contributed by atoms with Gasteiger partial charge in [-0.3, -0.25) is 10.1 Å². The van der Waals surface area contributed by atoms with E-state index in [1.165, 1.54) is 24.3 Å². The fourth-order valence-electron chi connectivity index (χ4n) is 1.58. The molecule has 0 saturated carbocycles. The maximum absolute atomic E-state index is 10.5. The van der Waals surface area contributed by atoms with Crippen molar-refractivity contribution in [1.82, 2.24) is 0 Å². The molecule has 1 saturated heterocycles. The average Bonchev–Trinajstić information content (AvgIpc) is 2.82. The maximum atomic E-state index is 10.5. The van der Waals surface area contributed by atoms with E-state index in [0.29, 0.717) is 19.0 Å². The smallest absolute Gasteiger partial charge is 0.277 e. The van der Waals surface area contributed by atoms with E-state index in [1.807, 2.05) is 0 Å². The van der Waals surface area contributed by atoms with E-state index < -0.39 is 4.92 Å². The molecule has 96 valence electrons. The Morgan fingerprint density at radius 2 is 2.17 bits per heavy atom. The topological polar surface area (TPSA) is 70.8 Å². The molecule has 1 aliphatic heterocycles. The standard InChI is InChI=1S/C12H13NO5/c1-9(18-12-6-7-16-8-12)17-11-4-2-10(3-5-11)13(14)15/h2-5,12H,1,6-8H2. The van der Waals surface area contributed by atoms with Crippen LogP contribution in [-0.4, -0.2) is 24.2 Å². The minimum Gasteiger partial charge on any atom is -0.460 e. The molecular formula is C12H13NO5. The number of rotatable bonds is 5. The Kier molecular flexibility index (Phi) is 3.78. The molecule has 1 aliphatic rings. The summed E-state index contributed by atoms with van der Waals surface area (Å²) in [4.78, 5) is 10.0. The van der Waals surface area contributed by atoms with Gasteiger partial charge in [-0.15, -0.1) is 0 Å². The van der Waals surface area contributed by atoms with Crippen molar-refractivity contribution >= 4 is 5.69 Å². The molecule has 1 fully saturated rings. The number of benzene rings is 1. The third-order valence-electron chi connectivity index (χ3n) is 2.47. The number of hydrogen-bond donors (Lipinski definition) is 0. The predicted octanol–water partition coefficient (Wildman–Crippen LogP) is 2.25. The van der Waals surface area contributed by atoms with Gasteiger partial charge in [0.25, 0.3) is 11.6 Å². The van der Waals surface area contributed by atoms with Gasteiger partial charge < -0.3 is 14.2 Å². The number of nitrogens with zero attached hydrogens (tertiary/aromatic N) is 1. The fraction of sp³-hybridized carbons (Fsp3) is 0.333. The lowest BCUT2D eigenvalue weighted by atomic mass is 10.3. The summed E-state index contributed by atoms with van der Waals surface area (Å²) in [7, 11) is 0. The van der Waals surface area contributed by atoms with E-state index in [1.54, 1.807) is 0 Å². The second-order valence-corrected chi connectivity index (χ2v) is 3.83. The van der Waals surface area contributed by atoms with Crippen LogP contribution in [0.4, 0.5) is 5.69 Å². The second kappa shape index (κ2) is 5.50. The van der Waals surface area contributed by atoms with Crippen molar-refractivity contribution in [2.24, 2.45) is 0 Å². The highest BCUT2D eigenvalue weighted by Crippen LogP contribution is 2.20. The number of ether oxygens (including phenoxy) is 3. The van der Waals surface area contributed by atoms with Crippen LogP contribution in [0.25, 0.3) is 0 Å². The third-order valence-corrected chi connectivity index (χ3v) is 2.47. The molecule has 0 spiro atoms. The van der Waals surface area contributed by atoms with Gasteiger partial charge in [0.1, 0.15) is 11.9 Å². The molecular weight excluding hydrogens is 238 g/mol. The number of hydrogen-bond acceptors (Lipinski definition) is 5. The van der Waals surface area contributed by atoms with E-state index >= 15 is 0 Å². The van der Waals surface area contributed by atoms with Gasteiger partial charge in [-0.1, -0.05) is 0 Å². The zero-order chi connectivity index (χ0) is 13.0. The molecule has 1 unspecified atom stereocenters. The Morgan fingerprint density at radius 1 is 1.44 bits per heavy atom. The summed E-state index contributed by atoms with van der Waals surface area (Å²) in [5, 5.41) is 10.5. The molecule has 1 aromatic carbocycles. The average molecular weight is 251 g/mol. The SMILES string of the molecule is C=C(Oc1ccc([N+](=O)[O-])cc1)OC1CCOC1. The summed E-state index contributed by atoms with van der Waals surface area (Å²) in [5.74, 6) is 0.615. The van der Waals surface area contributed by atoms with Crippen LogP contribution in [0.15, 0.2) is 36.8 Å². The Balaban J connectivity index is 1.88. The Labute approximate surface area is 104 Å². The lowest BCUT2D eigenvalue weighted by molar-refractivity contribution is -0.384. The molecule has 0 bridgehead atoms. The molecule has 1 atom stereocenters. The third kappa shape index (κ3) is 3.21. The molecule has 0 radical (unpaired) electrons. The summed E-state index contributed by atoms with van der Waals surface area (Å²) >= 11 is 0. The Morgan fingerprint density at radius 3 is 2.72 bits per heavy atom. The van der Waals surface area contributed by atoms with Crippen molar-refractivity contribution in [3.05, 3.63) is 46.9 Å². The molecule has 1 aromatic rings. The summed E-state index contributed by atoms with van der Waals surface area (Å²) < 4.78 is 15.9. The highest BCUT2D eigenvalue weighted by atomic mass is 16.7. The van der Waals surface area contributed by atoms with E-state index in [0.717, 1.165) is 6.42 Å². The molecule has 2 rings (SSSR count). The van der Waals surface area contributed by atoms with Gasteiger partial charge in [-0.2, -0.15) is 0 Å². The van der Waals surface area contributed by atoms with Crippen LogP contribution in [0, 0.1) is 10.1 Å². The van der Waals surface area contributed by atoms with E-state index in [4.69, 9.17) is 14.2 Å². The van der Waals surface area contributed by atoms with Crippen LogP contribution in [0.1, 0.15) is 6.42 Å². The van der Waals surface area contributed by atoms with Crippen molar-refractivity contribution < 1.29 is 19.1 Å². The van der Waals surface area contributed by atoms with Crippen LogP contribution in [0.5, 0.6) is 5.75 Å². The summed E-state index contributed by atoms with van der Waals surface area (Å²) in [6.45, 7) is 4.84. The minimum absolute atomic E-state index is 0.0121. The lowest BCUT2D eigenvalue weighted by Crippen LogP contribution is -2.14. The quantitative estimate of drug-likeness (QED) is 0.456. The largest absolute Gasteiger partial charge is 0.460 e. The number of nitro groups is 1. The van der Waals surface area contributed by atoms with Gasteiger partial charge in [0.15, 0.2) is 0 Å².